The van der Waals surface area contributed by atoms with Crippen LogP contribution in [0.1, 0.15) is 45.7 Å². The molecule has 0 unspecified atom stereocenters. The minimum Gasteiger partial charge on any atom is -0.379 e. The van der Waals surface area contributed by atoms with Crippen LogP contribution in [0, 0.1) is 17.5 Å². The molecule has 0 radical (unpaired) electrons. The summed E-state index contributed by atoms with van der Waals surface area (Å²) in [6.07, 6.45) is 3.43. The van der Waals surface area contributed by atoms with Crippen molar-refractivity contribution in [2.24, 2.45) is 0 Å². The van der Waals surface area contributed by atoms with Crippen molar-refractivity contribution < 1.29 is 22.8 Å². The lowest BCUT2D eigenvalue weighted by molar-refractivity contribution is -0.110. The van der Waals surface area contributed by atoms with Gasteiger partial charge in [0.2, 0.25) is 0 Å². The number of rotatable bonds is 5. The van der Waals surface area contributed by atoms with Crippen molar-refractivity contribution in [1.82, 2.24) is 4.98 Å². The number of H-pyrrole nitrogens is 1. The second-order valence-corrected chi connectivity index (χ2v) is 9.42. The highest BCUT2D eigenvalue weighted by atomic mass is 19.1. The van der Waals surface area contributed by atoms with E-state index in [0.717, 1.165) is 11.3 Å². The summed E-state index contributed by atoms with van der Waals surface area (Å²) in [7, 11) is 0. The number of Topliss-reactive ketones (excluding diaryl/α,β-unsaturated/α-hetero) is 1. The summed E-state index contributed by atoms with van der Waals surface area (Å²) in [4.78, 5) is 29.1. The van der Waals surface area contributed by atoms with E-state index in [-0.39, 0.29) is 29.4 Å². The minimum atomic E-state index is -0.548. The van der Waals surface area contributed by atoms with E-state index in [0.29, 0.717) is 52.9 Å². The van der Waals surface area contributed by atoms with Crippen LogP contribution in [0.2, 0.25) is 0 Å². The first-order valence-electron chi connectivity index (χ1n) is 12.3. The lowest BCUT2D eigenvalue weighted by Crippen LogP contribution is -2.09. The van der Waals surface area contributed by atoms with Gasteiger partial charge >= 0.3 is 0 Å². The molecule has 6 rings (SSSR count). The summed E-state index contributed by atoms with van der Waals surface area (Å²) < 4.78 is 41.9. The maximum absolute atomic E-state index is 15.1. The Bertz CT molecular complexity index is 1620. The average Bonchev–Trinajstić information content (AvgIpc) is 3.42. The number of benzene rings is 3. The van der Waals surface area contributed by atoms with Crippen LogP contribution in [0.25, 0.3) is 22.8 Å². The second kappa shape index (κ2) is 9.37. The van der Waals surface area contributed by atoms with Crippen molar-refractivity contribution in [3.63, 3.8) is 0 Å². The van der Waals surface area contributed by atoms with Gasteiger partial charge in [-0.05, 0) is 66.4 Å². The quantitative estimate of drug-likeness (QED) is 0.259. The van der Waals surface area contributed by atoms with E-state index in [4.69, 9.17) is 0 Å². The zero-order valence-corrected chi connectivity index (χ0v) is 20.1. The number of ketones is 1. The van der Waals surface area contributed by atoms with E-state index in [9.17, 15) is 18.4 Å². The van der Waals surface area contributed by atoms with Crippen LogP contribution in [0.3, 0.4) is 0 Å². The van der Waals surface area contributed by atoms with Crippen molar-refractivity contribution in [1.29, 1.82) is 0 Å². The van der Waals surface area contributed by atoms with E-state index in [2.05, 4.69) is 15.6 Å². The third kappa shape index (κ3) is 4.28. The Morgan fingerprint density at radius 3 is 2.32 bits per heavy atom. The summed E-state index contributed by atoms with van der Waals surface area (Å²) >= 11 is 0. The zero-order valence-electron chi connectivity index (χ0n) is 20.1. The number of aromatic nitrogens is 1. The molecule has 1 amide bonds. The van der Waals surface area contributed by atoms with E-state index in [1.54, 1.807) is 30.3 Å². The Morgan fingerprint density at radius 1 is 0.868 bits per heavy atom. The molecule has 3 aromatic carbocycles. The number of fused-ring (bicyclic) bond motifs is 2. The minimum absolute atomic E-state index is 0.00864. The fourth-order valence-electron chi connectivity index (χ4n) is 5.08. The third-order valence-electron chi connectivity index (χ3n) is 6.92. The molecule has 4 aromatic rings. The maximum atomic E-state index is 15.1. The molecule has 1 aliphatic carbocycles. The largest absolute Gasteiger partial charge is 0.379 e. The number of nitrogens with one attached hydrogen (secondary N) is 3. The van der Waals surface area contributed by atoms with Gasteiger partial charge in [0.25, 0.3) is 5.91 Å². The van der Waals surface area contributed by atoms with Crippen LogP contribution < -0.4 is 10.6 Å². The number of anilines is 2. The number of amides is 1. The van der Waals surface area contributed by atoms with Gasteiger partial charge in [-0.15, -0.1) is 0 Å². The van der Waals surface area contributed by atoms with Crippen LogP contribution in [0.4, 0.5) is 24.5 Å². The van der Waals surface area contributed by atoms with E-state index in [1.807, 2.05) is 0 Å². The molecule has 8 heteroatoms. The van der Waals surface area contributed by atoms with Crippen LogP contribution in [0.5, 0.6) is 0 Å². The van der Waals surface area contributed by atoms with Crippen LogP contribution >= 0.6 is 0 Å². The molecular weight excluding hydrogens is 491 g/mol. The first-order chi connectivity index (χ1) is 18.4. The fourth-order valence-corrected chi connectivity index (χ4v) is 5.08. The highest BCUT2D eigenvalue weighted by molar-refractivity contribution is 6.35. The van der Waals surface area contributed by atoms with Crippen LogP contribution in [-0.2, 0) is 17.8 Å². The molecule has 1 aliphatic heterocycles. The second-order valence-electron chi connectivity index (χ2n) is 9.42. The smallest absolute Gasteiger partial charge is 0.256 e. The molecular formula is C30H22F3N3O2. The van der Waals surface area contributed by atoms with Gasteiger partial charge in [-0.1, -0.05) is 24.3 Å². The fraction of sp³-hybridized carbons (Fsp3) is 0.133. The van der Waals surface area contributed by atoms with Crippen molar-refractivity contribution in [3.8, 4) is 11.1 Å². The SMILES string of the molecule is O=C1Nc2cc(NCc3ccc(F)cc3)c(F)cc2/C1=C/c1[nH]c2c(c1-c1ccc(F)cc1)C(=O)CCC2. The Kier molecular flexibility index (Phi) is 5.87. The van der Waals surface area contributed by atoms with Gasteiger partial charge in [-0.3, -0.25) is 9.59 Å². The maximum Gasteiger partial charge on any atom is 0.256 e. The van der Waals surface area contributed by atoms with E-state index < -0.39 is 17.5 Å². The van der Waals surface area contributed by atoms with Gasteiger partial charge in [0, 0.05) is 41.0 Å². The predicted molar refractivity (Wildman–Crippen MR) is 140 cm³/mol. The van der Waals surface area contributed by atoms with Gasteiger partial charge < -0.3 is 15.6 Å². The predicted octanol–water partition coefficient (Wildman–Crippen LogP) is 6.72. The molecule has 0 bridgehead atoms. The number of carbonyl (C=O) groups is 2. The Balaban J connectivity index is 1.38. The summed E-state index contributed by atoms with van der Waals surface area (Å²) in [6, 6.07) is 14.5. The van der Waals surface area contributed by atoms with Crippen molar-refractivity contribution >= 4 is 34.7 Å². The van der Waals surface area contributed by atoms with Crippen molar-refractivity contribution in [3.05, 3.63) is 106 Å². The lowest BCUT2D eigenvalue weighted by Gasteiger charge is -2.12. The van der Waals surface area contributed by atoms with Gasteiger partial charge in [0.05, 0.1) is 16.9 Å². The van der Waals surface area contributed by atoms with Gasteiger partial charge in [-0.25, -0.2) is 13.2 Å². The highest BCUT2D eigenvalue weighted by Gasteiger charge is 2.30. The topological polar surface area (TPSA) is 74.0 Å². The average molecular weight is 514 g/mol. The Hall–Kier alpha value is -4.59. The molecule has 0 atom stereocenters. The standard InChI is InChI=1S/C30H22F3N3O2/c31-18-8-4-16(5-9-18)15-34-25-14-24-20(12-22(25)33)21(30(38)36-24)13-26-28(17-6-10-19(32)11-7-17)29-23(35-26)2-1-3-27(29)37/h4-14,34-35H,1-3,15H2,(H,36,38)/b21-13-. The van der Waals surface area contributed by atoms with Crippen molar-refractivity contribution in [2.45, 2.75) is 25.8 Å². The normalized spacial score (nSPS) is 15.4. The molecule has 38 heavy (non-hydrogen) atoms. The molecule has 5 nitrogen and oxygen atoms in total. The molecule has 1 aromatic heterocycles. The Morgan fingerprint density at radius 2 is 1.58 bits per heavy atom. The van der Waals surface area contributed by atoms with Crippen LogP contribution in [0.15, 0.2) is 60.7 Å². The number of carbonyl (C=O) groups excluding carboxylic acids is 2. The summed E-state index contributed by atoms with van der Waals surface area (Å²) in [5, 5.41) is 5.77. The molecule has 3 N–H and O–H groups in total. The molecule has 190 valence electrons. The molecule has 0 fully saturated rings. The summed E-state index contributed by atoms with van der Waals surface area (Å²) in [5.41, 5.74) is 5.18. The lowest BCUT2D eigenvalue weighted by atomic mass is 9.90. The van der Waals surface area contributed by atoms with E-state index >= 15 is 4.39 Å². The monoisotopic (exact) mass is 513 g/mol. The first kappa shape index (κ1) is 23.8. The van der Waals surface area contributed by atoms with Gasteiger partial charge in [-0.2, -0.15) is 0 Å². The van der Waals surface area contributed by atoms with E-state index in [1.165, 1.54) is 36.4 Å². The number of aryl methyl sites for hydroxylation is 1. The molecule has 0 spiro atoms. The Labute approximate surface area is 216 Å². The van der Waals surface area contributed by atoms with Crippen LogP contribution in [-0.4, -0.2) is 16.7 Å². The number of hydrogen-bond donors (Lipinski definition) is 3. The van der Waals surface area contributed by atoms with Crippen molar-refractivity contribution in [2.75, 3.05) is 10.6 Å². The molecule has 0 saturated heterocycles. The molecule has 2 aliphatic rings. The molecule has 0 saturated carbocycles. The number of halogens is 3. The highest BCUT2D eigenvalue weighted by Crippen LogP contribution is 2.40. The molecule has 2 heterocycles. The number of hydrogen-bond acceptors (Lipinski definition) is 3. The number of aromatic amines is 1. The van der Waals surface area contributed by atoms with Gasteiger partial charge in [0.1, 0.15) is 17.5 Å². The summed E-state index contributed by atoms with van der Waals surface area (Å²) in [6.45, 7) is 0.274. The first-order valence-corrected chi connectivity index (χ1v) is 12.3. The van der Waals surface area contributed by atoms with Gasteiger partial charge in [0.15, 0.2) is 5.78 Å². The zero-order chi connectivity index (χ0) is 26.4. The third-order valence-corrected chi connectivity index (χ3v) is 6.92. The summed E-state index contributed by atoms with van der Waals surface area (Å²) in [5.74, 6) is -1.71.